The van der Waals surface area contributed by atoms with Crippen molar-refractivity contribution in [3.05, 3.63) is 29.8 Å². The average Bonchev–Trinajstić information content (AvgIpc) is 2.15. The molecule has 1 aromatic carbocycles. The molecule has 0 atom stereocenters. The van der Waals surface area contributed by atoms with Crippen molar-refractivity contribution >= 4 is 23.4 Å². The van der Waals surface area contributed by atoms with E-state index >= 15 is 0 Å². The van der Waals surface area contributed by atoms with E-state index in [0.717, 1.165) is 10.6 Å². The van der Waals surface area contributed by atoms with Gasteiger partial charge in [0, 0.05) is 16.5 Å². The minimum atomic E-state index is 0.657. The van der Waals surface area contributed by atoms with Gasteiger partial charge in [-0.15, -0.1) is 23.4 Å². The highest BCUT2D eigenvalue weighted by Gasteiger charge is 1.93. The Kier molecular flexibility index (Phi) is 3.99. The van der Waals surface area contributed by atoms with E-state index in [-0.39, 0.29) is 0 Å². The Morgan fingerprint density at radius 3 is 2.50 bits per heavy atom. The standard InChI is InChI=1S/C9H8ClNS/c10-5-6-12-9-3-1-8(7-11)2-4-9/h1-4H,5-6H2. The molecule has 1 rings (SSSR count). The van der Waals surface area contributed by atoms with Crippen LogP contribution in [0, 0.1) is 11.3 Å². The smallest absolute Gasteiger partial charge is 0.0991 e. The number of thioether (sulfide) groups is 1. The normalized spacial score (nSPS) is 9.33. The maximum atomic E-state index is 8.53. The molecule has 0 spiro atoms. The number of nitriles is 1. The summed E-state index contributed by atoms with van der Waals surface area (Å²) in [7, 11) is 0. The van der Waals surface area contributed by atoms with Gasteiger partial charge in [0.25, 0.3) is 0 Å². The van der Waals surface area contributed by atoms with Crippen LogP contribution in [0.25, 0.3) is 0 Å². The number of nitrogens with zero attached hydrogens (tertiary/aromatic N) is 1. The molecule has 0 aromatic heterocycles. The molecule has 0 aliphatic carbocycles. The molecule has 3 heteroatoms. The SMILES string of the molecule is N#Cc1ccc(SCCCl)cc1. The van der Waals surface area contributed by atoms with E-state index in [2.05, 4.69) is 6.07 Å². The van der Waals surface area contributed by atoms with Crippen molar-refractivity contribution in [3.63, 3.8) is 0 Å². The summed E-state index contributed by atoms with van der Waals surface area (Å²) < 4.78 is 0. The van der Waals surface area contributed by atoms with Crippen molar-refractivity contribution in [2.45, 2.75) is 4.90 Å². The van der Waals surface area contributed by atoms with Crippen LogP contribution in [0.3, 0.4) is 0 Å². The van der Waals surface area contributed by atoms with Crippen molar-refractivity contribution in [2.75, 3.05) is 11.6 Å². The summed E-state index contributed by atoms with van der Waals surface area (Å²) >= 11 is 7.24. The highest BCUT2D eigenvalue weighted by molar-refractivity contribution is 7.99. The average molecular weight is 198 g/mol. The van der Waals surface area contributed by atoms with Crippen LogP contribution < -0.4 is 0 Å². The molecule has 1 aromatic rings. The van der Waals surface area contributed by atoms with Crippen LogP contribution >= 0.6 is 23.4 Å². The molecule has 0 fully saturated rings. The molecule has 0 saturated carbocycles. The predicted molar refractivity (Wildman–Crippen MR) is 52.6 cm³/mol. The van der Waals surface area contributed by atoms with Crippen LogP contribution in [0.5, 0.6) is 0 Å². The molecule has 0 N–H and O–H groups in total. The quantitative estimate of drug-likeness (QED) is 0.550. The van der Waals surface area contributed by atoms with Gasteiger partial charge in [-0.3, -0.25) is 0 Å². The summed E-state index contributed by atoms with van der Waals surface area (Å²) in [6.07, 6.45) is 0. The molecule has 0 aliphatic heterocycles. The Morgan fingerprint density at radius 1 is 1.33 bits per heavy atom. The lowest BCUT2D eigenvalue weighted by molar-refractivity contribution is 1.40. The highest BCUT2D eigenvalue weighted by Crippen LogP contribution is 2.17. The molecule has 1 nitrogen and oxygen atoms in total. The van der Waals surface area contributed by atoms with E-state index in [0.29, 0.717) is 11.4 Å². The van der Waals surface area contributed by atoms with Crippen LogP contribution in [-0.2, 0) is 0 Å². The maximum absolute atomic E-state index is 8.53. The highest BCUT2D eigenvalue weighted by atomic mass is 35.5. The molecule has 0 heterocycles. The van der Waals surface area contributed by atoms with Crippen molar-refractivity contribution in [2.24, 2.45) is 0 Å². The molecule has 0 bridgehead atoms. The lowest BCUT2D eigenvalue weighted by atomic mass is 10.2. The molecule has 0 aliphatic rings. The van der Waals surface area contributed by atoms with E-state index in [1.165, 1.54) is 0 Å². The van der Waals surface area contributed by atoms with Crippen molar-refractivity contribution < 1.29 is 0 Å². The maximum Gasteiger partial charge on any atom is 0.0991 e. The number of benzene rings is 1. The first kappa shape index (κ1) is 9.44. The Hall–Kier alpha value is -0.650. The van der Waals surface area contributed by atoms with E-state index in [1.54, 1.807) is 11.8 Å². The van der Waals surface area contributed by atoms with Gasteiger partial charge in [-0.05, 0) is 24.3 Å². The predicted octanol–water partition coefficient (Wildman–Crippen LogP) is 2.89. The number of hydrogen-bond donors (Lipinski definition) is 0. The zero-order valence-electron chi connectivity index (χ0n) is 6.46. The van der Waals surface area contributed by atoms with Crippen LogP contribution in [0.1, 0.15) is 5.56 Å². The van der Waals surface area contributed by atoms with E-state index < -0.39 is 0 Å². The first-order valence-electron chi connectivity index (χ1n) is 3.56. The zero-order valence-corrected chi connectivity index (χ0v) is 8.03. The lowest BCUT2D eigenvalue weighted by Crippen LogP contribution is -1.79. The molecular weight excluding hydrogens is 190 g/mol. The Labute approximate surface area is 81.3 Å². The second-order valence-electron chi connectivity index (χ2n) is 2.17. The van der Waals surface area contributed by atoms with E-state index in [1.807, 2.05) is 24.3 Å². The fraction of sp³-hybridized carbons (Fsp3) is 0.222. The minimum Gasteiger partial charge on any atom is -0.192 e. The fourth-order valence-electron chi connectivity index (χ4n) is 0.782. The summed E-state index contributed by atoms with van der Waals surface area (Å²) in [5.74, 6) is 1.57. The first-order valence-corrected chi connectivity index (χ1v) is 5.08. The zero-order chi connectivity index (χ0) is 8.81. The third-order valence-electron chi connectivity index (χ3n) is 1.33. The molecular formula is C9H8ClNS. The Bertz CT molecular complexity index is 276. The van der Waals surface area contributed by atoms with Crippen molar-refractivity contribution in [1.29, 1.82) is 5.26 Å². The second-order valence-corrected chi connectivity index (χ2v) is 3.72. The summed E-state index contributed by atoms with van der Waals surface area (Å²) in [4.78, 5) is 1.16. The summed E-state index contributed by atoms with van der Waals surface area (Å²) in [6, 6.07) is 9.59. The van der Waals surface area contributed by atoms with Crippen LogP contribution in [0.2, 0.25) is 0 Å². The largest absolute Gasteiger partial charge is 0.192 e. The topological polar surface area (TPSA) is 23.8 Å². The van der Waals surface area contributed by atoms with Gasteiger partial charge >= 0.3 is 0 Å². The van der Waals surface area contributed by atoms with Gasteiger partial charge in [0.2, 0.25) is 0 Å². The summed E-state index contributed by atoms with van der Waals surface area (Å²) in [5, 5.41) is 8.53. The minimum absolute atomic E-state index is 0.657. The summed E-state index contributed by atoms with van der Waals surface area (Å²) in [5.41, 5.74) is 0.699. The monoisotopic (exact) mass is 197 g/mol. The second kappa shape index (κ2) is 5.08. The number of hydrogen-bond acceptors (Lipinski definition) is 2. The van der Waals surface area contributed by atoms with Gasteiger partial charge in [0.15, 0.2) is 0 Å². The number of alkyl halides is 1. The first-order chi connectivity index (χ1) is 5.86. The van der Waals surface area contributed by atoms with Crippen molar-refractivity contribution in [3.8, 4) is 6.07 Å². The van der Waals surface area contributed by atoms with Gasteiger partial charge in [0.1, 0.15) is 0 Å². The molecule has 0 unspecified atom stereocenters. The third-order valence-corrected chi connectivity index (χ3v) is 2.76. The van der Waals surface area contributed by atoms with Crippen LogP contribution in [0.4, 0.5) is 0 Å². The van der Waals surface area contributed by atoms with Gasteiger partial charge in [0.05, 0.1) is 11.6 Å². The fourth-order valence-corrected chi connectivity index (χ4v) is 1.65. The summed E-state index contributed by atoms with van der Waals surface area (Å²) in [6.45, 7) is 0. The molecule has 0 radical (unpaired) electrons. The van der Waals surface area contributed by atoms with Crippen LogP contribution in [-0.4, -0.2) is 11.6 Å². The number of rotatable bonds is 3. The molecule has 12 heavy (non-hydrogen) atoms. The third kappa shape index (κ3) is 2.77. The van der Waals surface area contributed by atoms with E-state index in [9.17, 15) is 0 Å². The number of halogens is 1. The van der Waals surface area contributed by atoms with Crippen LogP contribution in [0.15, 0.2) is 29.2 Å². The van der Waals surface area contributed by atoms with E-state index in [4.69, 9.17) is 16.9 Å². The molecule has 62 valence electrons. The van der Waals surface area contributed by atoms with Gasteiger partial charge in [-0.2, -0.15) is 5.26 Å². The van der Waals surface area contributed by atoms with Gasteiger partial charge in [-0.25, -0.2) is 0 Å². The lowest BCUT2D eigenvalue weighted by Gasteiger charge is -1.97. The van der Waals surface area contributed by atoms with Gasteiger partial charge < -0.3 is 0 Å². The van der Waals surface area contributed by atoms with Crippen molar-refractivity contribution in [1.82, 2.24) is 0 Å². The Morgan fingerprint density at radius 2 is 2.00 bits per heavy atom. The Balaban J connectivity index is 2.60. The molecule has 0 amide bonds. The molecule has 0 saturated heterocycles. The van der Waals surface area contributed by atoms with Gasteiger partial charge in [-0.1, -0.05) is 0 Å².